The van der Waals surface area contributed by atoms with Crippen LogP contribution in [-0.2, 0) is 0 Å². The molecule has 0 saturated heterocycles. The van der Waals surface area contributed by atoms with Crippen molar-refractivity contribution in [2.75, 3.05) is 31.7 Å². The van der Waals surface area contributed by atoms with E-state index in [0.29, 0.717) is 17.8 Å². The van der Waals surface area contributed by atoms with Crippen LogP contribution in [0, 0.1) is 5.92 Å². The number of aromatic nitrogens is 1. The molecule has 0 spiro atoms. The molecule has 1 aromatic heterocycles. The van der Waals surface area contributed by atoms with Crippen molar-refractivity contribution in [1.82, 2.24) is 9.88 Å². The third kappa shape index (κ3) is 5.04. The second kappa shape index (κ2) is 6.45. The Morgan fingerprint density at radius 3 is 2.65 bits per heavy atom. The Morgan fingerprint density at radius 1 is 1.41 bits per heavy atom. The highest BCUT2D eigenvalue weighted by Crippen LogP contribution is 2.18. The smallest absolute Gasteiger partial charge is 0.146 e. The molecule has 0 bridgehead atoms. The lowest BCUT2D eigenvalue weighted by Crippen LogP contribution is -2.33. The zero-order chi connectivity index (χ0) is 12.8. The molecule has 0 saturated carbocycles. The second-order valence-electron chi connectivity index (χ2n) is 5.17. The van der Waals surface area contributed by atoms with Gasteiger partial charge in [-0.2, -0.15) is 0 Å². The summed E-state index contributed by atoms with van der Waals surface area (Å²) in [6, 6.07) is 4.28. The lowest BCUT2D eigenvalue weighted by Gasteiger charge is -2.25. The summed E-state index contributed by atoms with van der Waals surface area (Å²) in [5.41, 5.74) is 6.77. The molecule has 17 heavy (non-hydrogen) atoms. The number of pyridine rings is 1. The summed E-state index contributed by atoms with van der Waals surface area (Å²) in [7, 11) is 4.17. The van der Waals surface area contributed by atoms with Gasteiger partial charge in [0.2, 0.25) is 0 Å². The Morgan fingerprint density at radius 2 is 2.12 bits per heavy atom. The van der Waals surface area contributed by atoms with Crippen LogP contribution in [0.15, 0.2) is 18.3 Å². The first kappa shape index (κ1) is 13.8. The van der Waals surface area contributed by atoms with Gasteiger partial charge in [0.05, 0.1) is 5.69 Å². The molecule has 4 nitrogen and oxygen atoms in total. The number of rotatable bonds is 6. The van der Waals surface area contributed by atoms with Gasteiger partial charge in [-0.05, 0) is 38.6 Å². The van der Waals surface area contributed by atoms with Gasteiger partial charge in [0.15, 0.2) is 0 Å². The normalized spacial score (nSPS) is 13.1. The number of anilines is 2. The summed E-state index contributed by atoms with van der Waals surface area (Å²) in [5, 5.41) is 3.48. The molecule has 1 heterocycles. The van der Waals surface area contributed by atoms with Crippen LogP contribution in [0.4, 0.5) is 11.5 Å². The molecular weight excluding hydrogens is 212 g/mol. The molecule has 0 aliphatic rings. The van der Waals surface area contributed by atoms with Crippen LogP contribution in [0.5, 0.6) is 0 Å². The molecule has 1 unspecified atom stereocenters. The molecule has 0 radical (unpaired) electrons. The van der Waals surface area contributed by atoms with Gasteiger partial charge >= 0.3 is 0 Å². The van der Waals surface area contributed by atoms with E-state index in [4.69, 9.17) is 5.73 Å². The van der Waals surface area contributed by atoms with E-state index in [-0.39, 0.29) is 0 Å². The molecule has 3 N–H and O–H groups in total. The van der Waals surface area contributed by atoms with E-state index in [0.717, 1.165) is 18.7 Å². The SMILES string of the molecule is CC(C)CC(CN(C)C)Nc1cccnc1N. The van der Waals surface area contributed by atoms with Gasteiger partial charge in [-0.25, -0.2) is 4.98 Å². The maximum absolute atomic E-state index is 5.84. The molecular formula is C13H24N4. The summed E-state index contributed by atoms with van der Waals surface area (Å²) in [5.74, 6) is 1.23. The number of likely N-dealkylation sites (N-methyl/N-ethyl adjacent to an activating group) is 1. The minimum absolute atomic E-state index is 0.400. The van der Waals surface area contributed by atoms with Gasteiger partial charge in [0, 0.05) is 18.8 Å². The first-order chi connectivity index (χ1) is 7.99. The van der Waals surface area contributed by atoms with E-state index < -0.39 is 0 Å². The molecule has 0 amide bonds. The quantitative estimate of drug-likeness (QED) is 0.794. The van der Waals surface area contributed by atoms with Gasteiger partial charge in [-0.3, -0.25) is 0 Å². The average Bonchev–Trinajstić information content (AvgIpc) is 2.19. The third-order valence-electron chi connectivity index (χ3n) is 2.54. The molecule has 0 aliphatic carbocycles. The fraction of sp³-hybridized carbons (Fsp3) is 0.615. The van der Waals surface area contributed by atoms with Crippen LogP contribution in [0.2, 0.25) is 0 Å². The monoisotopic (exact) mass is 236 g/mol. The molecule has 1 rings (SSSR count). The van der Waals surface area contributed by atoms with E-state index >= 15 is 0 Å². The first-order valence-electron chi connectivity index (χ1n) is 6.10. The van der Waals surface area contributed by atoms with E-state index in [1.807, 2.05) is 12.1 Å². The Bertz CT molecular complexity index is 326. The Kier molecular flexibility index (Phi) is 5.22. The van der Waals surface area contributed by atoms with Crippen LogP contribution in [0.1, 0.15) is 20.3 Å². The molecule has 1 atom stereocenters. The number of hydrogen-bond donors (Lipinski definition) is 2. The zero-order valence-electron chi connectivity index (χ0n) is 11.3. The Hall–Kier alpha value is -1.29. The van der Waals surface area contributed by atoms with Crippen LogP contribution in [0.3, 0.4) is 0 Å². The standard InChI is InChI=1S/C13H24N4/c1-10(2)8-11(9-17(3)4)16-12-6-5-7-15-13(12)14/h5-7,10-11,16H,8-9H2,1-4H3,(H2,14,15). The van der Waals surface area contributed by atoms with Gasteiger partial charge < -0.3 is 16.0 Å². The van der Waals surface area contributed by atoms with Crippen molar-refractivity contribution in [3.63, 3.8) is 0 Å². The van der Waals surface area contributed by atoms with Crippen molar-refractivity contribution in [2.24, 2.45) is 5.92 Å². The number of nitrogens with two attached hydrogens (primary N) is 1. The van der Waals surface area contributed by atoms with Crippen molar-refractivity contribution in [2.45, 2.75) is 26.3 Å². The van der Waals surface area contributed by atoms with Gasteiger partial charge in [-0.15, -0.1) is 0 Å². The lowest BCUT2D eigenvalue weighted by molar-refractivity contribution is 0.356. The van der Waals surface area contributed by atoms with Gasteiger partial charge in [0.1, 0.15) is 5.82 Å². The predicted octanol–water partition coefficient (Wildman–Crippen LogP) is 2.05. The maximum atomic E-state index is 5.84. The minimum atomic E-state index is 0.400. The molecule has 96 valence electrons. The fourth-order valence-corrected chi connectivity index (χ4v) is 1.95. The summed E-state index contributed by atoms with van der Waals surface area (Å²) in [6.07, 6.45) is 2.83. The summed E-state index contributed by atoms with van der Waals surface area (Å²) >= 11 is 0. The fourth-order valence-electron chi connectivity index (χ4n) is 1.95. The zero-order valence-corrected chi connectivity index (χ0v) is 11.3. The van der Waals surface area contributed by atoms with Crippen LogP contribution < -0.4 is 11.1 Å². The Balaban J connectivity index is 2.68. The highest BCUT2D eigenvalue weighted by Gasteiger charge is 2.13. The van der Waals surface area contributed by atoms with E-state index in [9.17, 15) is 0 Å². The summed E-state index contributed by atoms with van der Waals surface area (Å²) in [6.45, 7) is 5.46. The second-order valence-corrected chi connectivity index (χ2v) is 5.17. The molecule has 1 aromatic rings. The third-order valence-corrected chi connectivity index (χ3v) is 2.54. The van der Waals surface area contributed by atoms with Crippen molar-refractivity contribution in [3.05, 3.63) is 18.3 Å². The van der Waals surface area contributed by atoms with Crippen molar-refractivity contribution >= 4 is 11.5 Å². The highest BCUT2D eigenvalue weighted by molar-refractivity contribution is 5.61. The molecule has 0 fully saturated rings. The van der Waals surface area contributed by atoms with Crippen LogP contribution in [0.25, 0.3) is 0 Å². The van der Waals surface area contributed by atoms with E-state index in [1.54, 1.807) is 6.20 Å². The minimum Gasteiger partial charge on any atom is -0.382 e. The molecule has 0 aromatic carbocycles. The number of nitrogens with zero attached hydrogens (tertiary/aromatic N) is 2. The highest BCUT2D eigenvalue weighted by atomic mass is 15.1. The molecule has 4 heteroatoms. The van der Waals surface area contributed by atoms with E-state index in [2.05, 4.69) is 43.1 Å². The average molecular weight is 236 g/mol. The topological polar surface area (TPSA) is 54.2 Å². The lowest BCUT2D eigenvalue weighted by atomic mass is 10.0. The Labute approximate surface area is 104 Å². The maximum Gasteiger partial charge on any atom is 0.146 e. The first-order valence-corrected chi connectivity index (χ1v) is 6.10. The molecule has 0 aliphatic heterocycles. The van der Waals surface area contributed by atoms with Gasteiger partial charge in [0.25, 0.3) is 0 Å². The van der Waals surface area contributed by atoms with Crippen molar-refractivity contribution in [3.8, 4) is 0 Å². The number of nitrogens with one attached hydrogen (secondary N) is 1. The van der Waals surface area contributed by atoms with Gasteiger partial charge in [-0.1, -0.05) is 13.8 Å². The summed E-state index contributed by atoms with van der Waals surface area (Å²) < 4.78 is 0. The predicted molar refractivity (Wildman–Crippen MR) is 74.1 cm³/mol. The number of nitrogen functional groups attached to an aromatic ring is 1. The van der Waals surface area contributed by atoms with Crippen LogP contribution >= 0.6 is 0 Å². The largest absolute Gasteiger partial charge is 0.382 e. The number of hydrogen-bond acceptors (Lipinski definition) is 4. The van der Waals surface area contributed by atoms with Crippen LogP contribution in [-0.4, -0.2) is 36.6 Å². The summed E-state index contributed by atoms with van der Waals surface area (Å²) in [4.78, 5) is 6.28. The van der Waals surface area contributed by atoms with Crippen molar-refractivity contribution < 1.29 is 0 Å². The van der Waals surface area contributed by atoms with E-state index in [1.165, 1.54) is 0 Å². The van der Waals surface area contributed by atoms with Crippen molar-refractivity contribution in [1.29, 1.82) is 0 Å².